The number of carbonyl (C=O) groups is 1. The van der Waals surface area contributed by atoms with Crippen LogP contribution in [0.2, 0.25) is 0 Å². The third-order valence-electron chi connectivity index (χ3n) is 4.28. The Balaban J connectivity index is 2.17. The van der Waals surface area contributed by atoms with Crippen LogP contribution in [0.4, 0.5) is 0 Å². The zero-order valence-corrected chi connectivity index (χ0v) is 20.4. The molecule has 0 unspecified atom stereocenters. The molecule has 11 nitrogen and oxygen atoms in total. The van der Waals surface area contributed by atoms with Crippen LogP contribution >= 0.6 is 19.3 Å². The van der Waals surface area contributed by atoms with Crippen molar-refractivity contribution < 1.29 is 27.9 Å². The summed E-state index contributed by atoms with van der Waals surface area (Å²) in [5.41, 5.74) is -1.22. The van der Waals surface area contributed by atoms with E-state index in [9.17, 15) is 18.9 Å². The van der Waals surface area contributed by atoms with Crippen molar-refractivity contribution >= 4 is 25.3 Å². The lowest BCUT2D eigenvalue weighted by molar-refractivity contribution is -0.143. The van der Waals surface area contributed by atoms with Crippen LogP contribution in [0, 0.1) is 0 Å². The lowest BCUT2D eigenvalue weighted by Gasteiger charge is -2.26. The molecule has 0 saturated heterocycles. The Morgan fingerprint density at radius 2 is 2.00 bits per heavy atom. The number of carbonyl (C=O) groups excluding carboxylic acids is 1. The van der Waals surface area contributed by atoms with Crippen LogP contribution in [0.5, 0.6) is 5.75 Å². The highest BCUT2D eigenvalue weighted by Gasteiger charge is 2.34. The Labute approximate surface area is 201 Å². The fourth-order valence-corrected chi connectivity index (χ4v) is 4.33. The van der Waals surface area contributed by atoms with E-state index in [0.29, 0.717) is 0 Å². The molecule has 1 aromatic carbocycles. The molecule has 1 aromatic heterocycles. The minimum Gasteiger partial charge on any atom is -0.465 e. The molecule has 2 rings (SSSR count). The Morgan fingerprint density at radius 1 is 1.29 bits per heavy atom. The number of nitrogens with zero attached hydrogens (tertiary/aromatic N) is 1. The highest BCUT2D eigenvalue weighted by molar-refractivity contribution is 7.52. The first-order valence-electron chi connectivity index (χ1n) is 10.3. The second-order valence-electron chi connectivity index (χ2n) is 6.82. The molecule has 34 heavy (non-hydrogen) atoms. The third-order valence-corrected chi connectivity index (χ3v) is 6.16. The number of hydrogen-bond donors (Lipinski definition) is 2. The van der Waals surface area contributed by atoms with E-state index in [-0.39, 0.29) is 24.8 Å². The zero-order valence-electron chi connectivity index (χ0n) is 18.7. The van der Waals surface area contributed by atoms with Gasteiger partial charge >= 0.3 is 19.4 Å². The average molecular weight is 516 g/mol. The summed E-state index contributed by atoms with van der Waals surface area (Å²) in [4.78, 5) is 37.5. The molecular formula is C21H27ClN3O8P. The smallest absolute Gasteiger partial charge is 0.459 e. The number of ether oxygens (including phenoxy) is 2. The van der Waals surface area contributed by atoms with E-state index in [4.69, 9.17) is 30.1 Å². The monoisotopic (exact) mass is 515 g/mol. The van der Waals surface area contributed by atoms with Crippen molar-refractivity contribution in [3.05, 3.63) is 76.1 Å². The van der Waals surface area contributed by atoms with Crippen molar-refractivity contribution in [2.24, 2.45) is 0 Å². The number of hydrogen-bond acceptors (Lipinski definition) is 8. The van der Waals surface area contributed by atoms with E-state index in [0.717, 1.165) is 4.57 Å². The van der Waals surface area contributed by atoms with Gasteiger partial charge in [0.1, 0.15) is 18.0 Å². The van der Waals surface area contributed by atoms with Crippen molar-refractivity contribution in [1.82, 2.24) is 14.6 Å². The van der Waals surface area contributed by atoms with Gasteiger partial charge in [-0.15, -0.1) is 18.2 Å². The van der Waals surface area contributed by atoms with Crippen LogP contribution in [0.3, 0.4) is 0 Å². The molecule has 2 N–H and O–H groups in total. The number of benzene rings is 1. The maximum atomic E-state index is 13.5. The summed E-state index contributed by atoms with van der Waals surface area (Å²) in [6, 6.07) is 8.20. The molecule has 0 fully saturated rings. The van der Waals surface area contributed by atoms with E-state index in [2.05, 4.69) is 16.7 Å². The van der Waals surface area contributed by atoms with E-state index >= 15 is 0 Å². The van der Waals surface area contributed by atoms with Gasteiger partial charge in [-0.3, -0.25) is 18.9 Å². The van der Waals surface area contributed by atoms with Crippen LogP contribution < -0.4 is 20.9 Å². The lowest BCUT2D eigenvalue weighted by Crippen LogP contribution is -2.37. The summed E-state index contributed by atoms with van der Waals surface area (Å²) in [6.45, 7) is 6.53. The van der Waals surface area contributed by atoms with Gasteiger partial charge in [0.05, 0.1) is 25.2 Å². The first-order chi connectivity index (χ1) is 16.2. The SMILES string of the molecule is C=C[C@H](N[P@](=O)(OC[C@H](CCl)O[C@H](C)n1ccc(=O)[nH]c1=O)Oc1ccccc1)C(=O)OCC. The minimum atomic E-state index is -4.17. The molecular weight excluding hydrogens is 489 g/mol. The fraction of sp³-hybridized carbons (Fsp3) is 0.381. The van der Waals surface area contributed by atoms with Crippen LogP contribution in [-0.2, 0) is 23.4 Å². The molecule has 0 bridgehead atoms. The van der Waals surface area contributed by atoms with Crippen molar-refractivity contribution in [2.45, 2.75) is 32.2 Å². The van der Waals surface area contributed by atoms with E-state index in [1.54, 1.807) is 44.2 Å². The highest BCUT2D eigenvalue weighted by atomic mass is 35.5. The average Bonchev–Trinajstić information content (AvgIpc) is 2.81. The summed E-state index contributed by atoms with van der Waals surface area (Å²) in [7, 11) is -4.17. The van der Waals surface area contributed by atoms with Crippen molar-refractivity contribution in [2.75, 3.05) is 19.1 Å². The first-order valence-corrected chi connectivity index (χ1v) is 12.4. The summed E-state index contributed by atoms with van der Waals surface area (Å²) in [6.07, 6.45) is 0.814. The summed E-state index contributed by atoms with van der Waals surface area (Å²) in [5.74, 6) is -0.577. The van der Waals surface area contributed by atoms with Gasteiger partial charge < -0.3 is 14.0 Å². The summed E-state index contributed by atoms with van der Waals surface area (Å²) < 4.78 is 36.5. The highest BCUT2D eigenvalue weighted by Crippen LogP contribution is 2.45. The lowest BCUT2D eigenvalue weighted by atomic mass is 10.3. The Morgan fingerprint density at radius 3 is 2.59 bits per heavy atom. The molecule has 186 valence electrons. The van der Waals surface area contributed by atoms with E-state index in [1.807, 2.05) is 0 Å². The molecule has 13 heteroatoms. The maximum absolute atomic E-state index is 13.5. The number of halogens is 1. The number of nitrogens with one attached hydrogen (secondary N) is 2. The number of alkyl halides is 1. The Hall–Kier alpha value is -2.69. The van der Waals surface area contributed by atoms with Gasteiger partial charge in [-0.2, -0.15) is 5.09 Å². The van der Waals surface area contributed by atoms with Gasteiger partial charge in [-0.05, 0) is 26.0 Å². The number of para-hydroxylation sites is 1. The van der Waals surface area contributed by atoms with E-state index in [1.165, 1.54) is 18.3 Å². The number of aromatic nitrogens is 2. The van der Waals surface area contributed by atoms with Gasteiger partial charge in [0, 0.05) is 12.3 Å². The second kappa shape index (κ2) is 13.3. The molecule has 2 aromatic rings. The third kappa shape index (κ3) is 8.27. The fourth-order valence-electron chi connectivity index (χ4n) is 2.67. The predicted octanol–water partition coefficient (Wildman–Crippen LogP) is 2.59. The Kier molecular flexibility index (Phi) is 10.7. The molecule has 0 aliphatic rings. The van der Waals surface area contributed by atoms with Gasteiger partial charge in [0.15, 0.2) is 0 Å². The quantitative estimate of drug-likeness (QED) is 0.168. The van der Waals surface area contributed by atoms with Gasteiger partial charge in [0.2, 0.25) is 0 Å². The number of esters is 1. The summed E-state index contributed by atoms with van der Waals surface area (Å²) in [5, 5.41) is 2.52. The molecule has 0 amide bonds. The molecule has 4 atom stereocenters. The van der Waals surface area contributed by atoms with Crippen LogP contribution in [0.25, 0.3) is 0 Å². The minimum absolute atomic E-state index is 0.0868. The number of H-pyrrole nitrogens is 1. The topological polar surface area (TPSA) is 138 Å². The van der Waals surface area contributed by atoms with Crippen molar-refractivity contribution in [1.29, 1.82) is 0 Å². The van der Waals surface area contributed by atoms with Crippen LogP contribution in [0.15, 0.2) is 64.8 Å². The van der Waals surface area contributed by atoms with Gasteiger partial charge in [0.25, 0.3) is 5.56 Å². The molecule has 0 aliphatic carbocycles. The molecule has 0 spiro atoms. The van der Waals surface area contributed by atoms with Crippen molar-refractivity contribution in [3.8, 4) is 5.75 Å². The second-order valence-corrected chi connectivity index (χ2v) is 8.82. The molecule has 0 aliphatic heterocycles. The first kappa shape index (κ1) is 27.6. The standard InChI is InChI=1S/C21H27ClN3O8P/c1-4-18(20(27)30-5-2)24-34(29,33-16-9-7-6-8-10-16)31-14-17(13-22)32-15(3)25-12-11-19(26)23-21(25)28/h4,6-12,15,17-18H,1,5,13-14H2,2-3H3,(H,24,29)(H,23,26,28)/t15-,17+,18+,34+/m1/s1. The normalized spacial score (nSPS) is 15.5. The van der Waals surface area contributed by atoms with Crippen LogP contribution in [0.1, 0.15) is 20.1 Å². The van der Waals surface area contributed by atoms with E-state index < -0.39 is 43.3 Å². The van der Waals surface area contributed by atoms with Crippen molar-refractivity contribution in [3.63, 3.8) is 0 Å². The molecule has 0 radical (unpaired) electrons. The predicted molar refractivity (Wildman–Crippen MR) is 126 cm³/mol. The molecule has 1 heterocycles. The number of rotatable bonds is 14. The Bertz CT molecular complexity index is 1110. The van der Waals surface area contributed by atoms with Gasteiger partial charge in [-0.1, -0.05) is 24.3 Å². The maximum Gasteiger partial charge on any atom is 0.459 e. The largest absolute Gasteiger partial charge is 0.465 e. The summed E-state index contributed by atoms with van der Waals surface area (Å²) >= 11 is 5.99. The van der Waals surface area contributed by atoms with Crippen LogP contribution in [-0.4, -0.2) is 46.8 Å². The van der Waals surface area contributed by atoms with Gasteiger partial charge in [-0.25, -0.2) is 14.2 Å². The molecule has 0 saturated carbocycles. The zero-order chi connectivity index (χ0) is 25.1. The number of aromatic amines is 1.